The van der Waals surface area contributed by atoms with Crippen molar-refractivity contribution in [3.05, 3.63) is 0 Å². The fraction of sp³-hybridized carbons (Fsp3) is 1.00. The molecule has 3 N–H and O–H groups in total. The van der Waals surface area contributed by atoms with Gasteiger partial charge in [0.25, 0.3) is 0 Å². The van der Waals surface area contributed by atoms with Gasteiger partial charge in [0.1, 0.15) is 0 Å². The second kappa shape index (κ2) is 3.18. The minimum absolute atomic E-state index is 0.521. The Bertz CT molecular complexity index is 77.0. The normalized spacial score (nSPS) is 24.7. The van der Waals surface area contributed by atoms with Gasteiger partial charge < -0.3 is 0 Å². The Labute approximate surface area is 56.8 Å². The third-order valence-electron chi connectivity index (χ3n) is 2.37. The molecule has 1 aliphatic rings. The summed E-state index contributed by atoms with van der Waals surface area (Å²) < 4.78 is 0. The molecule has 0 aromatic heterocycles. The molecule has 2 nitrogen and oxygen atoms in total. The van der Waals surface area contributed by atoms with E-state index in [1.54, 1.807) is 0 Å². The van der Waals surface area contributed by atoms with Crippen LogP contribution in [0.25, 0.3) is 0 Å². The Morgan fingerprint density at radius 2 is 2.00 bits per heavy atom. The minimum atomic E-state index is 0.521. The second-order valence-electron chi connectivity index (χ2n) is 3.00. The fourth-order valence-electron chi connectivity index (χ4n) is 1.59. The molecule has 0 amide bonds. The molecule has 0 spiro atoms. The topological polar surface area (TPSA) is 38.0 Å². The van der Waals surface area contributed by atoms with Crippen molar-refractivity contribution in [2.45, 2.75) is 38.6 Å². The molecule has 1 atom stereocenters. The lowest BCUT2D eigenvalue weighted by Crippen LogP contribution is -2.37. The standard InChI is InChI=1S/C7H16N2/c1-6(9-8)7-4-2-3-5-7/h6-7,9H,2-5,8H2,1H3/t6-/m1/s1. The molecule has 0 aromatic carbocycles. The van der Waals surface area contributed by atoms with E-state index in [2.05, 4.69) is 12.3 Å². The van der Waals surface area contributed by atoms with Crippen LogP contribution in [-0.4, -0.2) is 6.04 Å². The molecule has 1 aliphatic carbocycles. The average Bonchev–Trinajstić information content (AvgIpc) is 2.37. The van der Waals surface area contributed by atoms with Gasteiger partial charge in [-0.05, 0) is 25.7 Å². The molecule has 1 saturated carbocycles. The van der Waals surface area contributed by atoms with Crippen LogP contribution in [0.5, 0.6) is 0 Å². The van der Waals surface area contributed by atoms with Gasteiger partial charge in [-0.1, -0.05) is 12.8 Å². The molecule has 0 bridgehead atoms. The lowest BCUT2D eigenvalue weighted by Gasteiger charge is -2.16. The van der Waals surface area contributed by atoms with Crippen molar-refractivity contribution in [2.75, 3.05) is 0 Å². The lowest BCUT2D eigenvalue weighted by molar-refractivity contribution is 0.388. The molecule has 0 aliphatic heterocycles. The predicted molar refractivity (Wildman–Crippen MR) is 38.7 cm³/mol. The third kappa shape index (κ3) is 1.66. The Kier molecular flexibility index (Phi) is 2.49. The highest BCUT2D eigenvalue weighted by Crippen LogP contribution is 2.26. The number of nitrogens with two attached hydrogens (primary N) is 1. The summed E-state index contributed by atoms with van der Waals surface area (Å²) in [4.78, 5) is 0. The molecule has 0 radical (unpaired) electrons. The number of rotatable bonds is 2. The maximum Gasteiger partial charge on any atom is 0.0210 e. The lowest BCUT2D eigenvalue weighted by atomic mass is 10.0. The monoisotopic (exact) mass is 128 g/mol. The third-order valence-corrected chi connectivity index (χ3v) is 2.37. The number of hydrogen-bond acceptors (Lipinski definition) is 2. The summed E-state index contributed by atoms with van der Waals surface area (Å²) in [6, 6.07) is 0.521. The largest absolute Gasteiger partial charge is 0.271 e. The number of hydrazine groups is 1. The van der Waals surface area contributed by atoms with Crippen LogP contribution in [0.4, 0.5) is 0 Å². The zero-order valence-corrected chi connectivity index (χ0v) is 6.06. The van der Waals surface area contributed by atoms with Crippen molar-refractivity contribution >= 4 is 0 Å². The van der Waals surface area contributed by atoms with E-state index in [1.807, 2.05) is 0 Å². The van der Waals surface area contributed by atoms with Gasteiger partial charge in [-0.25, -0.2) is 0 Å². The first-order valence-corrected chi connectivity index (χ1v) is 3.80. The van der Waals surface area contributed by atoms with E-state index in [0.717, 1.165) is 5.92 Å². The van der Waals surface area contributed by atoms with Crippen LogP contribution >= 0.6 is 0 Å². The SMILES string of the molecule is C[C@@H](NN)C1CCCC1. The second-order valence-corrected chi connectivity index (χ2v) is 3.00. The first kappa shape index (κ1) is 7.03. The van der Waals surface area contributed by atoms with Gasteiger partial charge in [-0.15, -0.1) is 0 Å². The summed E-state index contributed by atoms with van der Waals surface area (Å²) in [5.41, 5.74) is 2.81. The zero-order chi connectivity index (χ0) is 6.69. The van der Waals surface area contributed by atoms with E-state index in [0.29, 0.717) is 6.04 Å². The number of hydrogen-bond donors (Lipinski definition) is 2. The summed E-state index contributed by atoms with van der Waals surface area (Å²) in [5, 5.41) is 0. The highest BCUT2D eigenvalue weighted by Gasteiger charge is 2.19. The van der Waals surface area contributed by atoms with Crippen LogP contribution < -0.4 is 11.3 Å². The van der Waals surface area contributed by atoms with Gasteiger partial charge >= 0.3 is 0 Å². The van der Waals surface area contributed by atoms with E-state index in [1.165, 1.54) is 25.7 Å². The Balaban J connectivity index is 2.24. The van der Waals surface area contributed by atoms with E-state index in [-0.39, 0.29) is 0 Å². The Morgan fingerprint density at radius 3 is 2.44 bits per heavy atom. The molecule has 0 unspecified atom stereocenters. The molecule has 1 fully saturated rings. The number of nitrogens with one attached hydrogen (secondary N) is 1. The summed E-state index contributed by atoms with van der Waals surface area (Å²) in [6.07, 6.45) is 5.53. The van der Waals surface area contributed by atoms with Crippen molar-refractivity contribution in [2.24, 2.45) is 11.8 Å². The first-order chi connectivity index (χ1) is 4.34. The molecule has 9 heavy (non-hydrogen) atoms. The van der Waals surface area contributed by atoms with Crippen molar-refractivity contribution in [1.29, 1.82) is 0 Å². The first-order valence-electron chi connectivity index (χ1n) is 3.80. The minimum Gasteiger partial charge on any atom is -0.271 e. The van der Waals surface area contributed by atoms with E-state index in [4.69, 9.17) is 5.84 Å². The van der Waals surface area contributed by atoms with Gasteiger partial charge in [0.15, 0.2) is 0 Å². The molecular formula is C7H16N2. The molecule has 0 heterocycles. The highest BCUT2D eigenvalue weighted by molar-refractivity contribution is 4.75. The van der Waals surface area contributed by atoms with Gasteiger partial charge in [0, 0.05) is 6.04 Å². The van der Waals surface area contributed by atoms with Crippen molar-refractivity contribution < 1.29 is 0 Å². The molecular weight excluding hydrogens is 112 g/mol. The molecule has 0 aromatic rings. The van der Waals surface area contributed by atoms with Crippen LogP contribution in [0.15, 0.2) is 0 Å². The molecule has 0 saturated heterocycles. The maximum absolute atomic E-state index is 5.30. The van der Waals surface area contributed by atoms with Gasteiger partial charge in [-0.3, -0.25) is 11.3 Å². The summed E-state index contributed by atoms with van der Waals surface area (Å²) >= 11 is 0. The maximum atomic E-state index is 5.30. The van der Waals surface area contributed by atoms with Crippen molar-refractivity contribution in [3.8, 4) is 0 Å². The Morgan fingerprint density at radius 1 is 1.44 bits per heavy atom. The van der Waals surface area contributed by atoms with Gasteiger partial charge in [0.05, 0.1) is 0 Å². The zero-order valence-electron chi connectivity index (χ0n) is 6.06. The van der Waals surface area contributed by atoms with Gasteiger partial charge in [0.2, 0.25) is 0 Å². The summed E-state index contributed by atoms with van der Waals surface area (Å²) in [6.45, 7) is 2.16. The van der Waals surface area contributed by atoms with E-state index in [9.17, 15) is 0 Å². The molecule has 1 rings (SSSR count). The van der Waals surface area contributed by atoms with Crippen molar-refractivity contribution in [1.82, 2.24) is 5.43 Å². The van der Waals surface area contributed by atoms with Gasteiger partial charge in [-0.2, -0.15) is 0 Å². The summed E-state index contributed by atoms with van der Waals surface area (Å²) in [7, 11) is 0. The Hall–Kier alpha value is -0.0800. The van der Waals surface area contributed by atoms with Crippen molar-refractivity contribution in [3.63, 3.8) is 0 Å². The fourth-order valence-corrected chi connectivity index (χ4v) is 1.59. The quantitative estimate of drug-likeness (QED) is 0.430. The average molecular weight is 128 g/mol. The van der Waals surface area contributed by atoms with Crippen LogP contribution in [0.2, 0.25) is 0 Å². The summed E-state index contributed by atoms with van der Waals surface area (Å²) in [5.74, 6) is 6.14. The predicted octanol–water partition coefficient (Wildman–Crippen LogP) is 1.03. The van der Waals surface area contributed by atoms with Crippen LogP contribution in [0.3, 0.4) is 0 Å². The molecule has 2 heteroatoms. The van der Waals surface area contributed by atoms with E-state index < -0.39 is 0 Å². The van der Waals surface area contributed by atoms with Crippen LogP contribution in [0.1, 0.15) is 32.6 Å². The highest BCUT2D eigenvalue weighted by atomic mass is 15.2. The van der Waals surface area contributed by atoms with Crippen LogP contribution in [0, 0.1) is 5.92 Å². The molecule has 54 valence electrons. The van der Waals surface area contributed by atoms with E-state index >= 15 is 0 Å². The smallest absolute Gasteiger partial charge is 0.0210 e. The van der Waals surface area contributed by atoms with Crippen LogP contribution in [-0.2, 0) is 0 Å².